The average Bonchev–Trinajstić information content (AvgIpc) is 2.36. The van der Waals surface area contributed by atoms with E-state index >= 15 is 0 Å². The van der Waals surface area contributed by atoms with E-state index in [0.717, 1.165) is 18.4 Å². The molecule has 1 atom stereocenters. The molecule has 0 fully saturated rings. The Hall–Kier alpha value is -1.01. The van der Waals surface area contributed by atoms with Crippen molar-refractivity contribution in [2.75, 3.05) is 0 Å². The fourth-order valence-corrected chi connectivity index (χ4v) is 1.66. The van der Waals surface area contributed by atoms with Crippen LogP contribution in [-0.2, 0) is 0 Å². The van der Waals surface area contributed by atoms with Gasteiger partial charge in [-0.05, 0) is 36.5 Å². The van der Waals surface area contributed by atoms with Crippen LogP contribution < -0.4 is 10.5 Å². The van der Waals surface area contributed by atoms with Crippen LogP contribution >= 0.6 is 12.4 Å². The van der Waals surface area contributed by atoms with Crippen LogP contribution in [0.5, 0.6) is 5.75 Å². The molecule has 0 heterocycles. The zero-order chi connectivity index (χ0) is 15.3. The highest BCUT2D eigenvalue weighted by molar-refractivity contribution is 5.85. The summed E-state index contributed by atoms with van der Waals surface area (Å²) >= 11 is 0. The van der Waals surface area contributed by atoms with E-state index in [9.17, 15) is 17.6 Å². The van der Waals surface area contributed by atoms with E-state index in [0.29, 0.717) is 5.92 Å². The molecule has 0 amide bonds. The Morgan fingerprint density at radius 1 is 1.10 bits per heavy atom. The maximum Gasteiger partial charge on any atom is 0.461 e. The Bertz CT molecular complexity index is 412. The van der Waals surface area contributed by atoms with E-state index in [1.54, 1.807) is 0 Å². The van der Waals surface area contributed by atoms with Gasteiger partial charge in [-0.1, -0.05) is 26.0 Å². The van der Waals surface area contributed by atoms with Gasteiger partial charge in [-0.25, -0.2) is 0 Å². The van der Waals surface area contributed by atoms with Gasteiger partial charge in [0.15, 0.2) is 0 Å². The van der Waals surface area contributed by atoms with Gasteiger partial charge >= 0.3 is 12.5 Å². The third-order valence-corrected chi connectivity index (χ3v) is 2.87. The average molecular weight is 330 g/mol. The molecule has 0 saturated heterocycles. The molecule has 0 unspecified atom stereocenters. The smallest absolute Gasteiger partial charge is 0.428 e. The molecule has 122 valence electrons. The van der Waals surface area contributed by atoms with Gasteiger partial charge in [0, 0.05) is 6.04 Å². The molecule has 0 aromatic heterocycles. The second-order valence-corrected chi connectivity index (χ2v) is 5.11. The van der Waals surface area contributed by atoms with Gasteiger partial charge in [-0.3, -0.25) is 0 Å². The predicted molar refractivity (Wildman–Crippen MR) is 76.3 cm³/mol. The van der Waals surface area contributed by atoms with E-state index in [2.05, 4.69) is 18.6 Å². The summed E-state index contributed by atoms with van der Waals surface area (Å²) in [4.78, 5) is 0. The molecule has 2 N–H and O–H groups in total. The van der Waals surface area contributed by atoms with E-state index in [1.165, 1.54) is 24.3 Å². The van der Waals surface area contributed by atoms with Crippen molar-refractivity contribution in [3.8, 4) is 5.75 Å². The lowest BCUT2D eigenvalue weighted by atomic mass is 9.98. The van der Waals surface area contributed by atoms with Crippen molar-refractivity contribution < 1.29 is 22.3 Å². The van der Waals surface area contributed by atoms with Crippen molar-refractivity contribution in [1.82, 2.24) is 0 Å². The SMILES string of the molecule is CC(C)CC[C@@H](N)c1ccc(OC(F)(F)C(F)F)cc1.Cl. The number of rotatable bonds is 7. The van der Waals surface area contributed by atoms with E-state index in [-0.39, 0.29) is 24.2 Å². The van der Waals surface area contributed by atoms with Crippen LogP contribution in [0.25, 0.3) is 0 Å². The first-order chi connectivity index (χ1) is 9.22. The van der Waals surface area contributed by atoms with Crippen LogP contribution in [0, 0.1) is 5.92 Å². The molecule has 7 heteroatoms. The molecule has 2 nitrogen and oxygen atoms in total. The predicted octanol–water partition coefficient (Wildman–Crippen LogP) is 4.78. The van der Waals surface area contributed by atoms with Gasteiger partial charge in [-0.15, -0.1) is 12.4 Å². The maximum absolute atomic E-state index is 12.7. The highest BCUT2D eigenvalue weighted by Gasteiger charge is 2.43. The lowest BCUT2D eigenvalue weighted by Crippen LogP contribution is -2.33. The van der Waals surface area contributed by atoms with Crippen molar-refractivity contribution in [2.24, 2.45) is 11.7 Å². The zero-order valence-corrected chi connectivity index (χ0v) is 12.7. The number of hydrogen-bond acceptors (Lipinski definition) is 2. The van der Waals surface area contributed by atoms with Gasteiger partial charge in [0.25, 0.3) is 0 Å². The third kappa shape index (κ3) is 6.52. The summed E-state index contributed by atoms with van der Waals surface area (Å²) in [5.74, 6) is 0.212. The van der Waals surface area contributed by atoms with Gasteiger partial charge in [0.1, 0.15) is 5.75 Å². The van der Waals surface area contributed by atoms with Gasteiger partial charge < -0.3 is 10.5 Å². The molecule has 0 aliphatic rings. The monoisotopic (exact) mass is 329 g/mol. The second-order valence-electron chi connectivity index (χ2n) is 5.11. The molecule has 0 saturated carbocycles. The van der Waals surface area contributed by atoms with Crippen LogP contribution in [0.4, 0.5) is 17.6 Å². The molecule has 1 aromatic rings. The molecule has 1 rings (SSSR count). The Morgan fingerprint density at radius 2 is 1.62 bits per heavy atom. The van der Waals surface area contributed by atoms with Crippen LogP contribution in [-0.4, -0.2) is 12.5 Å². The minimum atomic E-state index is -4.48. The zero-order valence-electron chi connectivity index (χ0n) is 11.9. The summed E-state index contributed by atoms with van der Waals surface area (Å²) in [6.45, 7) is 4.16. The fourth-order valence-electron chi connectivity index (χ4n) is 1.66. The summed E-state index contributed by atoms with van der Waals surface area (Å²) in [6.07, 6.45) is -6.63. The number of ether oxygens (including phenoxy) is 1. The fraction of sp³-hybridized carbons (Fsp3) is 0.571. The number of halogens is 5. The minimum absolute atomic E-state index is 0. The normalized spacial score (nSPS) is 13.2. The first-order valence-electron chi connectivity index (χ1n) is 6.43. The minimum Gasteiger partial charge on any atom is -0.428 e. The van der Waals surface area contributed by atoms with Crippen LogP contribution in [0.1, 0.15) is 38.3 Å². The third-order valence-electron chi connectivity index (χ3n) is 2.87. The van der Waals surface area contributed by atoms with Gasteiger partial charge in [0.2, 0.25) is 0 Å². The first kappa shape index (κ1) is 20.0. The summed E-state index contributed by atoms with van der Waals surface area (Å²) in [5.41, 5.74) is 6.72. The molecule has 0 radical (unpaired) electrons. The van der Waals surface area contributed by atoms with Crippen molar-refractivity contribution in [1.29, 1.82) is 0 Å². The maximum atomic E-state index is 12.7. The second kappa shape index (κ2) is 8.44. The van der Waals surface area contributed by atoms with E-state index in [4.69, 9.17) is 5.73 Å². The standard InChI is InChI=1S/C14H19F4NO.ClH/c1-9(2)3-8-12(19)10-4-6-11(7-5-10)20-14(17,18)13(15)16;/h4-7,9,12-13H,3,8,19H2,1-2H3;1H/t12-;/m1./s1. The van der Waals surface area contributed by atoms with Crippen molar-refractivity contribution in [3.05, 3.63) is 29.8 Å². The highest BCUT2D eigenvalue weighted by atomic mass is 35.5. The highest BCUT2D eigenvalue weighted by Crippen LogP contribution is 2.28. The van der Waals surface area contributed by atoms with E-state index < -0.39 is 12.5 Å². The Morgan fingerprint density at radius 3 is 2.05 bits per heavy atom. The number of benzene rings is 1. The van der Waals surface area contributed by atoms with Crippen LogP contribution in [0.2, 0.25) is 0 Å². The molecule has 0 bridgehead atoms. The lowest BCUT2D eigenvalue weighted by Gasteiger charge is -2.18. The lowest BCUT2D eigenvalue weighted by molar-refractivity contribution is -0.253. The quantitative estimate of drug-likeness (QED) is 0.730. The molecule has 0 aliphatic carbocycles. The number of nitrogens with two attached hydrogens (primary N) is 1. The summed E-state index contributed by atoms with van der Waals surface area (Å²) in [6, 6.07) is 5.27. The van der Waals surface area contributed by atoms with Crippen LogP contribution in [0.15, 0.2) is 24.3 Å². The summed E-state index contributed by atoms with van der Waals surface area (Å²) in [7, 11) is 0. The van der Waals surface area contributed by atoms with Crippen molar-refractivity contribution >= 4 is 12.4 Å². The Labute approximate surface area is 128 Å². The number of alkyl halides is 4. The van der Waals surface area contributed by atoms with Crippen LogP contribution in [0.3, 0.4) is 0 Å². The summed E-state index contributed by atoms with van der Waals surface area (Å²) in [5, 5.41) is 0. The molecule has 0 spiro atoms. The van der Waals surface area contributed by atoms with Gasteiger partial charge in [0.05, 0.1) is 0 Å². The topological polar surface area (TPSA) is 35.2 Å². The van der Waals surface area contributed by atoms with Crippen molar-refractivity contribution in [3.63, 3.8) is 0 Å². The molecule has 21 heavy (non-hydrogen) atoms. The summed E-state index contributed by atoms with van der Waals surface area (Å²) < 4.78 is 53.4. The van der Waals surface area contributed by atoms with Crippen molar-refractivity contribution in [2.45, 2.75) is 45.3 Å². The molecule has 1 aromatic carbocycles. The molecular formula is C14H20ClF4NO. The van der Waals surface area contributed by atoms with Gasteiger partial charge in [-0.2, -0.15) is 17.6 Å². The molecule has 0 aliphatic heterocycles. The Kier molecular flexibility index (Phi) is 8.03. The Balaban J connectivity index is 0.00000400. The largest absolute Gasteiger partial charge is 0.461 e. The molecular weight excluding hydrogens is 310 g/mol. The van der Waals surface area contributed by atoms with E-state index in [1.807, 2.05) is 0 Å². The number of hydrogen-bond donors (Lipinski definition) is 1. The first-order valence-corrected chi connectivity index (χ1v) is 6.43.